The zero-order chi connectivity index (χ0) is 15.2. The second kappa shape index (κ2) is 7.69. The van der Waals surface area contributed by atoms with Gasteiger partial charge in [0.1, 0.15) is 0 Å². The van der Waals surface area contributed by atoms with Gasteiger partial charge < -0.3 is 9.47 Å². The highest BCUT2D eigenvalue weighted by Gasteiger charge is 2.25. The summed E-state index contributed by atoms with van der Waals surface area (Å²) >= 11 is 6.29. The normalized spacial score (nSPS) is 15.8. The van der Waals surface area contributed by atoms with Gasteiger partial charge in [0, 0.05) is 17.5 Å². The number of carbonyl (C=O) groups is 1. The van der Waals surface area contributed by atoms with Gasteiger partial charge in [-0.3, -0.25) is 4.79 Å². The molecule has 0 bridgehead atoms. The number of benzene rings is 1. The summed E-state index contributed by atoms with van der Waals surface area (Å²) in [5.74, 6) is 1.44. The average Bonchev–Trinajstić information content (AvgIpc) is 2.50. The predicted octanol–water partition coefficient (Wildman–Crippen LogP) is 4.90. The summed E-state index contributed by atoms with van der Waals surface area (Å²) in [7, 11) is 0. The van der Waals surface area contributed by atoms with Crippen molar-refractivity contribution in [3.05, 3.63) is 22.7 Å². The summed E-state index contributed by atoms with van der Waals surface area (Å²) in [6.07, 6.45) is 5.41. The first kappa shape index (κ1) is 16.2. The van der Waals surface area contributed by atoms with Gasteiger partial charge in [-0.15, -0.1) is 0 Å². The Kier molecular flexibility index (Phi) is 5.92. The number of ether oxygens (including phenoxy) is 2. The largest absolute Gasteiger partial charge is 0.490 e. The Morgan fingerprint density at radius 1 is 1.10 bits per heavy atom. The van der Waals surface area contributed by atoms with E-state index in [9.17, 15) is 4.79 Å². The Labute approximate surface area is 131 Å². The number of halogens is 1. The zero-order valence-electron chi connectivity index (χ0n) is 12.8. The maximum Gasteiger partial charge on any atom is 0.167 e. The minimum absolute atomic E-state index is 0.101. The first-order chi connectivity index (χ1) is 10.2. The topological polar surface area (TPSA) is 35.5 Å². The molecule has 0 unspecified atom stereocenters. The summed E-state index contributed by atoms with van der Waals surface area (Å²) in [5.41, 5.74) is 0.565. The van der Waals surface area contributed by atoms with Crippen molar-refractivity contribution >= 4 is 17.4 Å². The van der Waals surface area contributed by atoms with E-state index in [1.165, 1.54) is 6.42 Å². The van der Waals surface area contributed by atoms with Gasteiger partial charge in [0.15, 0.2) is 17.3 Å². The van der Waals surface area contributed by atoms with Gasteiger partial charge in [-0.1, -0.05) is 30.9 Å². The Balaban J connectivity index is 2.29. The second-order valence-electron chi connectivity index (χ2n) is 5.34. The van der Waals surface area contributed by atoms with Crippen molar-refractivity contribution in [3.63, 3.8) is 0 Å². The molecule has 0 aliphatic heterocycles. The minimum Gasteiger partial charge on any atom is -0.490 e. The molecule has 1 aliphatic carbocycles. The van der Waals surface area contributed by atoms with Crippen molar-refractivity contribution in [1.82, 2.24) is 0 Å². The lowest BCUT2D eigenvalue weighted by Gasteiger charge is -2.21. The number of hydrogen-bond acceptors (Lipinski definition) is 3. The van der Waals surface area contributed by atoms with Crippen LogP contribution in [-0.4, -0.2) is 19.0 Å². The monoisotopic (exact) mass is 310 g/mol. The molecule has 0 saturated heterocycles. The van der Waals surface area contributed by atoms with Gasteiger partial charge >= 0.3 is 0 Å². The summed E-state index contributed by atoms with van der Waals surface area (Å²) in [6.45, 7) is 4.88. The Morgan fingerprint density at radius 3 is 2.24 bits per heavy atom. The molecule has 0 radical (unpaired) electrons. The van der Waals surface area contributed by atoms with E-state index in [1.807, 2.05) is 13.8 Å². The molecule has 0 amide bonds. The van der Waals surface area contributed by atoms with Crippen LogP contribution >= 0.6 is 11.6 Å². The van der Waals surface area contributed by atoms with Crippen LogP contribution in [0, 0.1) is 5.92 Å². The molecule has 0 N–H and O–H groups in total. The zero-order valence-corrected chi connectivity index (χ0v) is 13.5. The molecule has 116 valence electrons. The highest BCUT2D eigenvalue weighted by Crippen LogP contribution is 2.36. The lowest BCUT2D eigenvalue weighted by molar-refractivity contribution is 0.0889. The lowest BCUT2D eigenvalue weighted by atomic mass is 9.84. The standard InChI is InChI=1S/C17H23ClO3/c1-3-20-15-10-13(14(18)11-16(15)21-4-2)17(19)12-8-6-5-7-9-12/h10-12H,3-9H2,1-2H3. The number of rotatable bonds is 6. The maximum absolute atomic E-state index is 12.7. The van der Waals surface area contributed by atoms with Crippen LogP contribution in [0.25, 0.3) is 0 Å². The van der Waals surface area contributed by atoms with E-state index >= 15 is 0 Å². The van der Waals surface area contributed by atoms with Crippen LogP contribution < -0.4 is 9.47 Å². The van der Waals surface area contributed by atoms with Crippen LogP contribution in [0.5, 0.6) is 11.5 Å². The number of carbonyl (C=O) groups excluding carboxylic acids is 1. The summed E-state index contributed by atoms with van der Waals surface area (Å²) in [4.78, 5) is 12.7. The van der Waals surface area contributed by atoms with E-state index in [0.29, 0.717) is 35.3 Å². The maximum atomic E-state index is 12.7. The van der Waals surface area contributed by atoms with Crippen molar-refractivity contribution in [2.45, 2.75) is 46.0 Å². The molecule has 1 fully saturated rings. The Morgan fingerprint density at radius 2 is 1.67 bits per heavy atom. The van der Waals surface area contributed by atoms with Gasteiger partial charge in [-0.05, 0) is 32.8 Å². The van der Waals surface area contributed by atoms with E-state index in [0.717, 1.165) is 25.7 Å². The van der Waals surface area contributed by atoms with Gasteiger partial charge in [0.2, 0.25) is 0 Å². The molecule has 21 heavy (non-hydrogen) atoms. The minimum atomic E-state index is 0.101. The van der Waals surface area contributed by atoms with Crippen LogP contribution in [-0.2, 0) is 0 Å². The number of ketones is 1. The molecule has 0 spiro atoms. The molecular weight excluding hydrogens is 288 g/mol. The number of hydrogen-bond donors (Lipinski definition) is 0. The van der Waals surface area contributed by atoms with Crippen molar-refractivity contribution in [1.29, 1.82) is 0 Å². The third-order valence-corrected chi connectivity index (χ3v) is 4.19. The van der Waals surface area contributed by atoms with E-state index in [4.69, 9.17) is 21.1 Å². The van der Waals surface area contributed by atoms with E-state index in [-0.39, 0.29) is 11.7 Å². The SMILES string of the molecule is CCOc1cc(Cl)c(C(=O)C2CCCCC2)cc1OCC. The molecule has 2 rings (SSSR count). The highest BCUT2D eigenvalue weighted by atomic mass is 35.5. The second-order valence-corrected chi connectivity index (χ2v) is 5.75. The van der Waals surface area contributed by atoms with Gasteiger partial charge in [-0.2, -0.15) is 0 Å². The fraction of sp³-hybridized carbons (Fsp3) is 0.588. The molecule has 0 heterocycles. The van der Waals surface area contributed by atoms with Crippen LogP contribution in [0.2, 0.25) is 5.02 Å². The predicted molar refractivity (Wildman–Crippen MR) is 84.7 cm³/mol. The molecule has 0 aromatic heterocycles. The Hall–Kier alpha value is -1.22. The van der Waals surface area contributed by atoms with Crippen LogP contribution in [0.3, 0.4) is 0 Å². The van der Waals surface area contributed by atoms with Crippen LogP contribution in [0.15, 0.2) is 12.1 Å². The first-order valence-corrected chi connectivity index (χ1v) is 8.18. The molecule has 1 aromatic rings. The third kappa shape index (κ3) is 3.91. The lowest BCUT2D eigenvalue weighted by Crippen LogP contribution is -2.18. The molecule has 1 aliphatic rings. The van der Waals surface area contributed by atoms with Gasteiger partial charge in [0.05, 0.1) is 18.2 Å². The van der Waals surface area contributed by atoms with Crippen LogP contribution in [0.4, 0.5) is 0 Å². The summed E-state index contributed by atoms with van der Waals surface area (Å²) in [6, 6.07) is 3.44. The molecule has 0 atom stereocenters. The van der Waals surface area contributed by atoms with Crippen molar-refractivity contribution in [2.24, 2.45) is 5.92 Å². The van der Waals surface area contributed by atoms with E-state index < -0.39 is 0 Å². The third-order valence-electron chi connectivity index (χ3n) is 3.87. The first-order valence-electron chi connectivity index (χ1n) is 7.80. The van der Waals surface area contributed by atoms with E-state index in [1.54, 1.807) is 12.1 Å². The van der Waals surface area contributed by atoms with E-state index in [2.05, 4.69) is 0 Å². The fourth-order valence-electron chi connectivity index (χ4n) is 2.85. The fourth-order valence-corrected chi connectivity index (χ4v) is 3.09. The van der Waals surface area contributed by atoms with Gasteiger partial charge in [0.25, 0.3) is 0 Å². The van der Waals surface area contributed by atoms with Crippen molar-refractivity contribution in [3.8, 4) is 11.5 Å². The van der Waals surface area contributed by atoms with Crippen molar-refractivity contribution < 1.29 is 14.3 Å². The molecule has 3 nitrogen and oxygen atoms in total. The summed E-state index contributed by atoms with van der Waals surface area (Å²) in [5, 5.41) is 0.456. The quantitative estimate of drug-likeness (QED) is 0.701. The smallest absolute Gasteiger partial charge is 0.167 e. The molecule has 4 heteroatoms. The Bertz CT molecular complexity index is 493. The molecule has 1 saturated carbocycles. The molecule has 1 aromatic carbocycles. The average molecular weight is 311 g/mol. The highest BCUT2D eigenvalue weighted by molar-refractivity contribution is 6.34. The van der Waals surface area contributed by atoms with Gasteiger partial charge in [-0.25, -0.2) is 0 Å². The van der Waals surface area contributed by atoms with Crippen LogP contribution in [0.1, 0.15) is 56.3 Å². The number of Topliss-reactive ketones (excluding diaryl/α,β-unsaturated/α-hetero) is 1. The summed E-state index contributed by atoms with van der Waals surface area (Å²) < 4.78 is 11.1. The van der Waals surface area contributed by atoms with Crippen molar-refractivity contribution in [2.75, 3.05) is 13.2 Å². The molecular formula is C17H23ClO3.